The Labute approximate surface area is 149 Å². The van der Waals surface area contributed by atoms with E-state index in [0.29, 0.717) is 26.3 Å². The Bertz CT molecular complexity index is 840. The summed E-state index contributed by atoms with van der Waals surface area (Å²) in [4.78, 5) is 18.5. The average molecular weight is 367 g/mol. The molecule has 138 valence electrons. The maximum atomic E-state index is 12.8. The first-order valence-corrected chi connectivity index (χ1v) is 8.12. The summed E-state index contributed by atoms with van der Waals surface area (Å²) < 4.78 is 44.5. The minimum atomic E-state index is -4.45. The van der Waals surface area contributed by atoms with E-state index in [1.54, 1.807) is 4.90 Å². The highest BCUT2D eigenvalue weighted by Crippen LogP contribution is 2.26. The van der Waals surface area contributed by atoms with E-state index >= 15 is 0 Å². The molecule has 0 unspecified atom stereocenters. The fourth-order valence-corrected chi connectivity index (χ4v) is 3.00. The lowest BCUT2D eigenvalue weighted by atomic mass is 9.55. The van der Waals surface area contributed by atoms with Crippen LogP contribution < -0.4 is 5.73 Å². The number of aromatic nitrogens is 3. The zero-order valence-electron chi connectivity index (χ0n) is 14.5. The number of ether oxygens (including phenoxy) is 1. The molecule has 0 spiro atoms. The number of nitrogen functional groups attached to an aromatic ring is 1. The number of halogens is 3. The first-order valence-electron chi connectivity index (χ1n) is 8.12. The van der Waals surface area contributed by atoms with Gasteiger partial charge in [0.25, 0.3) is 5.91 Å². The Balaban J connectivity index is 1.95. The maximum Gasteiger partial charge on any atom is 0.408 e. The van der Waals surface area contributed by atoms with Crippen molar-refractivity contribution in [3.63, 3.8) is 0 Å². The van der Waals surface area contributed by atoms with Crippen LogP contribution in [-0.4, -0.2) is 73.7 Å². The molecule has 0 aliphatic carbocycles. The molecule has 2 aromatic heterocycles. The van der Waals surface area contributed by atoms with Crippen LogP contribution in [0.2, 0.25) is 5.21 Å². The van der Waals surface area contributed by atoms with E-state index in [-0.39, 0.29) is 33.5 Å². The number of hydrogen-bond donors (Lipinski definition) is 1. The smallest absolute Gasteiger partial charge is 0.382 e. The van der Waals surface area contributed by atoms with Gasteiger partial charge in [-0.15, -0.1) is 0 Å². The van der Waals surface area contributed by atoms with Crippen molar-refractivity contribution in [3.05, 3.63) is 18.0 Å². The second-order valence-electron chi connectivity index (χ2n) is 7.19. The highest BCUT2D eigenvalue weighted by atomic mass is 19.4. The van der Waals surface area contributed by atoms with Crippen LogP contribution in [0, 0.1) is 0 Å². The number of hydrogen-bond acceptors (Lipinski definition) is 5. The zero-order valence-corrected chi connectivity index (χ0v) is 14.5. The molecule has 1 aliphatic rings. The van der Waals surface area contributed by atoms with Gasteiger partial charge in [0.15, 0.2) is 5.82 Å². The minimum absolute atomic E-state index is 0.0542. The van der Waals surface area contributed by atoms with Crippen molar-refractivity contribution in [3.8, 4) is 0 Å². The van der Waals surface area contributed by atoms with Crippen LogP contribution in [0.4, 0.5) is 19.0 Å². The normalized spacial score (nSPS) is 18.0. The van der Waals surface area contributed by atoms with Gasteiger partial charge in [-0.2, -0.15) is 18.3 Å². The second-order valence-corrected chi connectivity index (χ2v) is 7.19. The van der Waals surface area contributed by atoms with Gasteiger partial charge < -0.3 is 15.4 Å². The topological polar surface area (TPSA) is 86.3 Å². The monoisotopic (exact) mass is 367 g/mol. The highest BCUT2D eigenvalue weighted by Gasteiger charge is 2.31. The first-order chi connectivity index (χ1) is 12.1. The molecular formula is C14H18B2F3N5O2. The van der Waals surface area contributed by atoms with Gasteiger partial charge >= 0.3 is 6.18 Å². The van der Waals surface area contributed by atoms with Gasteiger partial charge in [-0.3, -0.25) is 14.5 Å². The average Bonchev–Trinajstić information content (AvgIpc) is 2.71. The molecule has 26 heavy (non-hydrogen) atoms. The number of nitrogens with zero attached hydrogens (tertiary/aromatic N) is 4. The van der Waals surface area contributed by atoms with E-state index in [0.717, 1.165) is 4.68 Å². The number of anilines is 1. The lowest BCUT2D eigenvalue weighted by Gasteiger charge is -2.28. The number of carbonyl (C=O) groups excluding carboxylic acids is 1. The lowest BCUT2D eigenvalue weighted by molar-refractivity contribution is -0.141. The number of rotatable bonds is 2. The molecular weight excluding hydrogens is 349 g/mol. The zero-order chi connectivity index (χ0) is 19.1. The Morgan fingerprint density at radius 2 is 2.15 bits per heavy atom. The van der Waals surface area contributed by atoms with Crippen LogP contribution >= 0.6 is 0 Å². The number of carbonyl (C=O) groups is 1. The van der Waals surface area contributed by atoms with Gasteiger partial charge in [-0.1, -0.05) is 0 Å². The molecule has 1 aliphatic heterocycles. The Kier molecular flexibility index (Phi) is 4.63. The largest absolute Gasteiger partial charge is 0.408 e. The van der Waals surface area contributed by atoms with Crippen molar-refractivity contribution in [2.24, 2.45) is 0 Å². The summed E-state index contributed by atoms with van der Waals surface area (Å²) in [5, 5.41) is 3.77. The van der Waals surface area contributed by atoms with Crippen molar-refractivity contribution in [2.75, 3.05) is 32.0 Å². The number of fused-ring (bicyclic) bond motifs is 1. The molecule has 3 heterocycles. The molecule has 0 aromatic carbocycles. The predicted octanol–water partition coefficient (Wildman–Crippen LogP) is -0.569. The van der Waals surface area contributed by atoms with Crippen LogP contribution in [0.15, 0.2) is 12.3 Å². The molecule has 0 atom stereocenters. The van der Waals surface area contributed by atoms with E-state index in [1.807, 2.05) is 15.7 Å². The van der Waals surface area contributed by atoms with Gasteiger partial charge in [0, 0.05) is 25.9 Å². The third kappa shape index (κ3) is 3.95. The number of pyridine rings is 1. The Morgan fingerprint density at radius 3 is 2.85 bits per heavy atom. The van der Waals surface area contributed by atoms with Crippen molar-refractivity contribution < 1.29 is 22.7 Å². The highest BCUT2D eigenvalue weighted by molar-refractivity contribution is 6.40. The summed E-state index contributed by atoms with van der Waals surface area (Å²) in [5.74, 6) is -0.413. The van der Waals surface area contributed by atoms with Crippen LogP contribution in [0.1, 0.15) is 10.5 Å². The Morgan fingerprint density at radius 1 is 1.42 bits per heavy atom. The maximum absolute atomic E-state index is 12.8. The lowest BCUT2D eigenvalue weighted by Crippen LogP contribution is -2.39. The van der Waals surface area contributed by atoms with E-state index in [2.05, 4.69) is 10.1 Å². The molecule has 2 aromatic rings. The second kappa shape index (κ2) is 6.49. The van der Waals surface area contributed by atoms with Gasteiger partial charge in [-0.25, -0.2) is 0 Å². The molecule has 0 radical (unpaired) electrons. The number of alkyl halides is 3. The fourth-order valence-electron chi connectivity index (χ4n) is 3.00. The van der Waals surface area contributed by atoms with Crippen LogP contribution in [-0.2, 0) is 11.3 Å². The summed E-state index contributed by atoms with van der Waals surface area (Å²) in [6.07, 6.45) is -3.16. The molecule has 0 saturated carbocycles. The molecule has 0 bridgehead atoms. The summed E-state index contributed by atoms with van der Waals surface area (Å²) >= 11 is 0. The van der Waals surface area contributed by atoms with Crippen molar-refractivity contribution in [1.29, 1.82) is 0 Å². The predicted molar refractivity (Wildman–Crippen MR) is 94.5 cm³/mol. The summed E-state index contributed by atoms with van der Waals surface area (Å²) in [6.45, 7) is 0.499. The summed E-state index contributed by atoms with van der Waals surface area (Å²) in [7, 11) is 3.96. The molecule has 1 amide bonds. The van der Waals surface area contributed by atoms with Gasteiger partial charge in [-0.05, 0) is 11.3 Å². The van der Waals surface area contributed by atoms with E-state index < -0.39 is 12.7 Å². The minimum Gasteiger partial charge on any atom is -0.382 e. The van der Waals surface area contributed by atoms with E-state index in [4.69, 9.17) is 10.5 Å². The van der Waals surface area contributed by atoms with Crippen LogP contribution in [0.3, 0.4) is 0 Å². The van der Waals surface area contributed by atoms with Crippen LogP contribution in [0.5, 0.6) is 0 Å². The van der Waals surface area contributed by atoms with Crippen molar-refractivity contribution >= 4 is 38.3 Å². The molecule has 3 rings (SSSR count). The SMILES string of the molecule is BC1(B)COCCN(C(=O)c2cc3c(cn2)c(N)nn3CC(F)(F)F)C1. The first kappa shape index (κ1) is 18.6. The van der Waals surface area contributed by atoms with Gasteiger partial charge in [0.05, 0.1) is 17.5 Å². The molecule has 2 N–H and O–H groups in total. The quantitative estimate of drug-likeness (QED) is 0.719. The standard InChI is InChI=1S/C14H18B2F3N5O2/c15-13(16)5-23(1-2-26-7-13)12(25)9-3-10-8(4-21-9)11(20)22-24(10)6-14(17,18)19/h3-4H,1-2,5-7,15-16H2,(H2,20,22). The molecule has 1 saturated heterocycles. The van der Waals surface area contributed by atoms with Crippen molar-refractivity contribution in [1.82, 2.24) is 19.7 Å². The molecule has 7 nitrogen and oxygen atoms in total. The van der Waals surface area contributed by atoms with Crippen LogP contribution in [0.25, 0.3) is 10.9 Å². The molecule has 12 heteroatoms. The number of nitrogens with two attached hydrogens (primary N) is 1. The van der Waals surface area contributed by atoms with Crippen molar-refractivity contribution in [2.45, 2.75) is 17.9 Å². The molecule has 1 fully saturated rings. The third-order valence-corrected chi connectivity index (χ3v) is 4.12. The third-order valence-electron chi connectivity index (χ3n) is 4.12. The van der Waals surface area contributed by atoms with E-state index in [1.165, 1.54) is 12.3 Å². The Hall–Kier alpha value is -2.23. The summed E-state index contributed by atoms with van der Waals surface area (Å²) in [6, 6.07) is 1.31. The number of amides is 1. The van der Waals surface area contributed by atoms with Gasteiger partial charge in [0.1, 0.15) is 27.9 Å². The van der Waals surface area contributed by atoms with Gasteiger partial charge in [0.2, 0.25) is 0 Å². The fraction of sp³-hybridized carbons (Fsp3) is 0.500. The van der Waals surface area contributed by atoms with E-state index in [9.17, 15) is 18.0 Å². The summed E-state index contributed by atoms with van der Waals surface area (Å²) in [5.41, 5.74) is 5.85.